The van der Waals surface area contributed by atoms with E-state index in [1.807, 2.05) is 36.4 Å². The molecule has 0 amide bonds. The van der Waals surface area contributed by atoms with Crippen LogP contribution in [0.4, 0.5) is 0 Å². The molecule has 4 aromatic heterocycles. The Hall–Kier alpha value is -7.11. The van der Waals surface area contributed by atoms with Crippen LogP contribution in [0.2, 0.25) is 0 Å². The Bertz CT molecular complexity index is 3400. The quantitative estimate of drug-likeness (QED) is 0.177. The molecule has 5 nitrogen and oxygen atoms in total. The molecular weight excluding hydrogens is 635 g/mol. The van der Waals surface area contributed by atoms with Gasteiger partial charge in [0.1, 0.15) is 5.69 Å². The van der Waals surface area contributed by atoms with E-state index in [0.29, 0.717) is 11.6 Å². The molecule has 5 heteroatoms. The maximum absolute atomic E-state index is 5.28. The van der Waals surface area contributed by atoms with Gasteiger partial charge in [0, 0.05) is 54.2 Å². The van der Waals surface area contributed by atoms with Gasteiger partial charge in [-0.3, -0.25) is 4.57 Å². The van der Waals surface area contributed by atoms with Gasteiger partial charge in [-0.1, -0.05) is 152 Å². The number of aromatic nitrogens is 5. The monoisotopic (exact) mass is 661 g/mol. The minimum atomic E-state index is 0.595. The van der Waals surface area contributed by atoms with Crippen molar-refractivity contribution >= 4 is 81.4 Å². The fraction of sp³-hybridized carbons (Fsp3) is 0. The highest BCUT2D eigenvalue weighted by molar-refractivity contribution is 6.42. The Balaban J connectivity index is 1.37. The maximum atomic E-state index is 5.28. The van der Waals surface area contributed by atoms with Crippen LogP contribution in [0, 0.1) is 0 Å². The van der Waals surface area contributed by atoms with Gasteiger partial charge in [0.25, 0.3) is 0 Å². The molecule has 0 aliphatic heterocycles. The molecule has 240 valence electrons. The molecule has 0 N–H and O–H groups in total. The molecule has 0 saturated heterocycles. The molecule has 12 aromatic rings. The number of rotatable bonds is 3. The first-order valence-corrected chi connectivity index (χ1v) is 17.6. The van der Waals surface area contributed by atoms with E-state index in [0.717, 1.165) is 33.2 Å². The number of hydrogen-bond acceptors (Lipinski definition) is 3. The van der Waals surface area contributed by atoms with Crippen molar-refractivity contribution in [2.24, 2.45) is 0 Å². The van der Waals surface area contributed by atoms with Crippen LogP contribution in [0.1, 0.15) is 0 Å². The molecule has 0 unspecified atom stereocenters. The average molecular weight is 662 g/mol. The van der Waals surface area contributed by atoms with E-state index in [1.165, 1.54) is 65.0 Å². The second-order valence-corrected chi connectivity index (χ2v) is 13.6. The lowest BCUT2D eigenvalue weighted by Gasteiger charge is -2.15. The molecule has 12 rings (SSSR count). The summed E-state index contributed by atoms with van der Waals surface area (Å²) in [4.78, 5) is 5.28. The summed E-state index contributed by atoms with van der Waals surface area (Å²) in [7, 11) is 0. The van der Waals surface area contributed by atoms with E-state index in [1.54, 1.807) is 0 Å². The van der Waals surface area contributed by atoms with Gasteiger partial charge >= 0.3 is 0 Å². The highest BCUT2D eigenvalue weighted by atomic mass is 15.2. The van der Waals surface area contributed by atoms with Crippen molar-refractivity contribution in [2.75, 3.05) is 0 Å². The SMILES string of the molecule is c1ccc(-c2nnc(-n3c4ccccc4c4c3c3ccc5ccccc5c3c3c5cccc6c7ccccc7n(c65)c34)c(-c3ccccc3)n2)cc1. The molecule has 0 spiro atoms. The Labute approximate surface area is 297 Å². The molecule has 8 aromatic carbocycles. The summed E-state index contributed by atoms with van der Waals surface area (Å²) in [5.74, 6) is 1.29. The third kappa shape index (κ3) is 3.54. The van der Waals surface area contributed by atoms with Crippen molar-refractivity contribution in [3.8, 4) is 28.5 Å². The van der Waals surface area contributed by atoms with Crippen LogP contribution in [0.15, 0.2) is 164 Å². The molecule has 0 atom stereocenters. The molecule has 4 heterocycles. The first-order valence-electron chi connectivity index (χ1n) is 17.6. The van der Waals surface area contributed by atoms with Crippen LogP contribution in [0.5, 0.6) is 0 Å². The van der Waals surface area contributed by atoms with E-state index in [4.69, 9.17) is 15.2 Å². The van der Waals surface area contributed by atoms with Crippen LogP contribution < -0.4 is 0 Å². The standard InChI is InChI=1S/C47H27N5/c1-3-15-29(16-4-1)42-47(50-49-46(48-42)30-17-5-2-6-18-30)52-38-25-12-10-21-34(38)41-44(52)36-27-26-28-14-7-8-19-31(28)39(36)40-35-23-13-22-33-32-20-9-11-24-37(32)51(43(33)35)45(40)41/h1-27H. The van der Waals surface area contributed by atoms with E-state index in [9.17, 15) is 0 Å². The fourth-order valence-corrected chi connectivity index (χ4v) is 8.84. The summed E-state index contributed by atoms with van der Waals surface area (Å²) in [6, 6.07) is 58.2. The van der Waals surface area contributed by atoms with Gasteiger partial charge < -0.3 is 4.40 Å². The lowest BCUT2D eigenvalue weighted by atomic mass is 9.94. The van der Waals surface area contributed by atoms with Gasteiger partial charge in [-0.25, -0.2) is 4.98 Å². The Kier molecular flexibility index (Phi) is 5.44. The number of fused-ring (bicyclic) bond motifs is 15. The topological polar surface area (TPSA) is 48.0 Å². The predicted molar refractivity (Wildman–Crippen MR) is 215 cm³/mol. The van der Waals surface area contributed by atoms with Crippen LogP contribution in [-0.2, 0) is 0 Å². The van der Waals surface area contributed by atoms with Gasteiger partial charge in [0.05, 0.1) is 27.6 Å². The lowest BCUT2D eigenvalue weighted by Crippen LogP contribution is -2.06. The third-order valence-corrected chi connectivity index (χ3v) is 10.9. The van der Waals surface area contributed by atoms with Crippen molar-refractivity contribution < 1.29 is 0 Å². The van der Waals surface area contributed by atoms with Gasteiger partial charge in [-0.15, -0.1) is 10.2 Å². The number of para-hydroxylation sites is 3. The first kappa shape index (κ1) is 27.7. The zero-order chi connectivity index (χ0) is 33.9. The van der Waals surface area contributed by atoms with E-state index >= 15 is 0 Å². The average Bonchev–Trinajstić information content (AvgIpc) is 3.87. The second-order valence-electron chi connectivity index (χ2n) is 13.6. The van der Waals surface area contributed by atoms with Crippen molar-refractivity contribution in [3.63, 3.8) is 0 Å². The van der Waals surface area contributed by atoms with Crippen molar-refractivity contribution in [1.82, 2.24) is 24.1 Å². The molecule has 0 aliphatic rings. The van der Waals surface area contributed by atoms with E-state index < -0.39 is 0 Å². The third-order valence-electron chi connectivity index (χ3n) is 10.9. The summed E-state index contributed by atoms with van der Waals surface area (Å²) in [5.41, 5.74) is 8.53. The molecule has 0 aliphatic carbocycles. The zero-order valence-corrected chi connectivity index (χ0v) is 27.8. The van der Waals surface area contributed by atoms with Crippen molar-refractivity contribution in [2.45, 2.75) is 0 Å². The van der Waals surface area contributed by atoms with Crippen LogP contribution in [0.25, 0.3) is 110 Å². The summed E-state index contributed by atoms with van der Waals surface area (Å²) in [6.45, 7) is 0. The van der Waals surface area contributed by atoms with Crippen LogP contribution in [-0.4, -0.2) is 24.1 Å². The zero-order valence-electron chi connectivity index (χ0n) is 27.8. The molecular formula is C47H27N5. The predicted octanol–water partition coefficient (Wildman–Crippen LogP) is 11.8. The Morgan fingerprint density at radius 2 is 1.00 bits per heavy atom. The number of nitrogens with zero attached hydrogens (tertiary/aromatic N) is 5. The summed E-state index contributed by atoms with van der Waals surface area (Å²) in [5, 5.41) is 22.2. The molecule has 0 saturated carbocycles. The van der Waals surface area contributed by atoms with Crippen molar-refractivity contribution in [3.05, 3.63) is 164 Å². The maximum Gasteiger partial charge on any atom is 0.187 e. The molecule has 0 fully saturated rings. The van der Waals surface area contributed by atoms with Gasteiger partial charge in [-0.2, -0.15) is 0 Å². The largest absolute Gasteiger partial charge is 0.307 e. The summed E-state index contributed by atoms with van der Waals surface area (Å²) < 4.78 is 4.85. The summed E-state index contributed by atoms with van der Waals surface area (Å²) in [6.07, 6.45) is 0. The highest BCUT2D eigenvalue weighted by Crippen LogP contribution is 2.50. The normalized spacial score (nSPS) is 12.2. The van der Waals surface area contributed by atoms with Gasteiger partial charge in [-0.05, 0) is 22.9 Å². The van der Waals surface area contributed by atoms with Gasteiger partial charge in [0.2, 0.25) is 0 Å². The fourth-order valence-electron chi connectivity index (χ4n) is 8.84. The van der Waals surface area contributed by atoms with Gasteiger partial charge in [0.15, 0.2) is 11.6 Å². The minimum Gasteiger partial charge on any atom is -0.307 e. The smallest absolute Gasteiger partial charge is 0.187 e. The highest BCUT2D eigenvalue weighted by Gasteiger charge is 2.28. The number of hydrogen-bond donors (Lipinski definition) is 0. The second kappa shape index (κ2) is 10.2. The van der Waals surface area contributed by atoms with E-state index in [2.05, 4.69) is 136 Å². The molecule has 0 bridgehead atoms. The van der Waals surface area contributed by atoms with Crippen LogP contribution >= 0.6 is 0 Å². The number of benzene rings is 8. The van der Waals surface area contributed by atoms with Crippen LogP contribution in [0.3, 0.4) is 0 Å². The Morgan fingerprint density at radius 3 is 1.83 bits per heavy atom. The molecule has 52 heavy (non-hydrogen) atoms. The van der Waals surface area contributed by atoms with Crippen molar-refractivity contribution in [1.29, 1.82) is 0 Å². The minimum absolute atomic E-state index is 0.595. The van der Waals surface area contributed by atoms with E-state index in [-0.39, 0.29) is 0 Å². The summed E-state index contributed by atoms with van der Waals surface area (Å²) >= 11 is 0. The lowest BCUT2D eigenvalue weighted by molar-refractivity contribution is 0.923. The first-order chi connectivity index (χ1) is 25.8. The Morgan fingerprint density at radius 1 is 0.365 bits per heavy atom. The molecule has 0 radical (unpaired) electrons.